The zero-order valence-corrected chi connectivity index (χ0v) is 21.7. The summed E-state index contributed by atoms with van der Waals surface area (Å²) in [7, 11) is -3.68. The highest BCUT2D eigenvalue weighted by Gasteiger charge is 2.30. The molecular weight excluding hydrogens is 476 g/mol. The molecule has 0 saturated heterocycles. The summed E-state index contributed by atoms with van der Waals surface area (Å²) >= 11 is 0.952. The molecule has 2 aliphatic rings. The minimum absolute atomic E-state index is 0.0997. The van der Waals surface area contributed by atoms with Crippen LogP contribution in [0.25, 0.3) is 0 Å². The molecule has 0 bridgehead atoms. The number of aromatic nitrogens is 1. The number of rotatable bonds is 6. The van der Waals surface area contributed by atoms with Crippen molar-refractivity contribution >= 4 is 33.0 Å². The van der Waals surface area contributed by atoms with Crippen molar-refractivity contribution in [2.75, 3.05) is 5.32 Å². The van der Waals surface area contributed by atoms with Crippen LogP contribution in [0.3, 0.4) is 0 Å². The third kappa shape index (κ3) is 5.22. The number of thiazole rings is 1. The lowest BCUT2D eigenvalue weighted by Gasteiger charge is -2.27. The number of nitrogens with one attached hydrogen (secondary N) is 2. The summed E-state index contributed by atoms with van der Waals surface area (Å²) in [6.45, 7) is 8.18. The van der Waals surface area contributed by atoms with Crippen LogP contribution in [0, 0.1) is 0 Å². The molecule has 1 aromatic carbocycles. The summed E-state index contributed by atoms with van der Waals surface area (Å²) in [4.78, 5) is 16.7. The van der Waals surface area contributed by atoms with Gasteiger partial charge in [0.2, 0.25) is 6.35 Å². The second-order valence-electron chi connectivity index (χ2n) is 10.2. The van der Waals surface area contributed by atoms with Gasteiger partial charge in [-0.3, -0.25) is 0 Å². The smallest absolute Gasteiger partial charge is 0.420 e. The highest BCUT2D eigenvalue weighted by atomic mass is 32.2. The van der Waals surface area contributed by atoms with E-state index in [1.807, 2.05) is 0 Å². The third-order valence-corrected chi connectivity index (χ3v) is 9.29. The Balaban J connectivity index is 1.69. The molecule has 1 amide bonds. The van der Waals surface area contributed by atoms with Crippen LogP contribution in [0.2, 0.25) is 0 Å². The molecule has 186 valence electrons. The molecule has 2 unspecified atom stereocenters. The number of carbonyl (C=O) groups is 1. The van der Waals surface area contributed by atoms with Crippen molar-refractivity contribution in [2.45, 2.75) is 88.5 Å². The number of fused-ring (bicyclic) bond motifs is 2. The van der Waals surface area contributed by atoms with Crippen LogP contribution in [-0.4, -0.2) is 37.5 Å². The summed E-state index contributed by atoms with van der Waals surface area (Å²) in [5.41, 5.74) is 3.63. The summed E-state index contributed by atoms with van der Waals surface area (Å²) in [5.74, 6) is 0. The summed E-state index contributed by atoms with van der Waals surface area (Å²) in [5, 5.41) is 24.5. The molecule has 0 saturated carbocycles. The van der Waals surface area contributed by atoms with Gasteiger partial charge in [-0.2, -0.15) is 4.36 Å². The Kier molecular flexibility index (Phi) is 6.43. The molecule has 2 aromatic rings. The lowest BCUT2D eigenvalue weighted by atomic mass is 9.83. The number of amides is 1. The number of anilines is 1. The average Bonchev–Trinajstić information content (AvgIpc) is 3.31. The van der Waals surface area contributed by atoms with E-state index in [9.17, 15) is 19.2 Å². The van der Waals surface area contributed by atoms with Crippen molar-refractivity contribution in [3.8, 4) is 0 Å². The van der Waals surface area contributed by atoms with Gasteiger partial charge >= 0.3 is 6.09 Å². The number of hydrogen-bond acceptors (Lipinski definition) is 9. The first-order valence-electron chi connectivity index (χ1n) is 11.3. The Morgan fingerprint density at radius 1 is 1.18 bits per heavy atom. The van der Waals surface area contributed by atoms with E-state index in [1.54, 1.807) is 34.6 Å². The van der Waals surface area contributed by atoms with Gasteiger partial charge in [0.25, 0.3) is 0 Å². The molecule has 1 heterocycles. The van der Waals surface area contributed by atoms with Crippen molar-refractivity contribution in [1.29, 1.82) is 0 Å². The second kappa shape index (κ2) is 8.78. The Labute approximate surface area is 204 Å². The molecule has 1 aromatic heterocycles. The van der Waals surface area contributed by atoms with Crippen LogP contribution < -0.4 is 10.0 Å². The predicted octanol–water partition coefficient (Wildman–Crippen LogP) is 3.61. The number of nitrogens with zero attached hydrogens (tertiary/aromatic N) is 2. The maximum Gasteiger partial charge on any atom is 0.420 e. The Morgan fingerprint density at radius 3 is 2.44 bits per heavy atom. The van der Waals surface area contributed by atoms with Crippen molar-refractivity contribution in [3.63, 3.8) is 0 Å². The SMILES string of the molecule is CC(C)(C)OC(=O)NS(=O)(=NC(O)Nc1c2c(cc3c1CC3)CCC2)c1cnc(C(C)(C)O)s1. The number of hydrogen-bond donors (Lipinski definition) is 4. The van der Waals surface area contributed by atoms with Gasteiger partial charge in [-0.15, -0.1) is 11.3 Å². The van der Waals surface area contributed by atoms with Crippen LogP contribution in [0.4, 0.5) is 10.5 Å². The number of ether oxygens (including phenoxy) is 1. The summed E-state index contributed by atoms with van der Waals surface area (Å²) in [6, 6.07) is 2.25. The molecule has 9 nitrogen and oxygen atoms in total. The molecule has 0 spiro atoms. The molecule has 4 N–H and O–H groups in total. The molecule has 2 atom stereocenters. The van der Waals surface area contributed by atoms with Crippen LogP contribution >= 0.6 is 11.3 Å². The third-order valence-electron chi connectivity index (χ3n) is 5.67. The van der Waals surface area contributed by atoms with Crippen molar-refractivity contribution < 1.29 is 24.0 Å². The number of aryl methyl sites for hydroxylation is 2. The van der Waals surface area contributed by atoms with Gasteiger partial charge in [0.1, 0.15) is 20.4 Å². The topological polar surface area (TPSA) is 133 Å². The standard InChI is InChI=1S/C23H32N4O5S2/c1-22(2,3)32-21(29)27-34(31,17-12-24-19(33-17)23(4,5)30)26-20(28)25-18-15-8-6-7-13(15)11-14-9-10-16(14)18/h11-12,20,25,28,30H,6-10H2,1-5H3,(H,26,27,29,31). The van der Waals surface area contributed by atoms with Gasteiger partial charge in [0, 0.05) is 5.69 Å². The first-order valence-corrected chi connectivity index (χ1v) is 13.7. The molecular formula is C23H32N4O5S2. The molecule has 34 heavy (non-hydrogen) atoms. The minimum Gasteiger partial charge on any atom is -0.443 e. The molecule has 0 radical (unpaired) electrons. The van der Waals surface area contributed by atoms with E-state index in [0.717, 1.165) is 54.7 Å². The van der Waals surface area contributed by atoms with Gasteiger partial charge in [-0.1, -0.05) is 6.07 Å². The van der Waals surface area contributed by atoms with E-state index in [0.29, 0.717) is 5.01 Å². The second-order valence-corrected chi connectivity index (χ2v) is 13.4. The summed E-state index contributed by atoms with van der Waals surface area (Å²) in [6.07, 6.45) is 3.69. The first kappa shape index (κ1) is 24.9. The Bertz CT molecular complexity index is 1230. The lowest BCUT2D eigenvalue weighted by molar-refractivity contribution is 0.0571. The summed E-state index contributed by atoms with van der Waals surface area (Å²) < 4.78 is 25.7. The van der Waals surface area contributed by atoms with Gasteiger partial charge < -0.3 is 20.3 Å². The van der Waals surface area contributed by atoms with E-state index in [1.165, 1.54) is 22.9 Å². The van der Waals surface area contributed by atoms with Crippen LogP contribution in [0.1, 0.15) is 68.3 Å². The maximum atomic E-state index is 13.9. The van der Waals surface area contributed by atoms with Crippen molar-refractivity contribution in [3.05, 3.63) is 39.5 Å². The van der Waals surface area contributed by atoms with E-state index in [4.69, 9.17) is 4.74 Å². The Morgan fingerprint density at radius 2 is 1.85 bits per heavy atom. The quantitative estimate of drug-likeness (QED) is 0.438. The van der Waals surface area contributed by atoms with Crippen LogP contribution in [0.15, 0.2) is 20.8 Å². The van der Waals surface area contributed by atoms with Gasteiger partial charge in [0.05, 0.1) is 6.20 Å². The van der Waals surface area contributed by atoms with Crippen LogP contribution in [-0.2, 0) is 45.9 Å². The molecule has 11 heteroatoms. The zero-order valence-electron chi connectivity index (χ0n) is 20.1. The first-order chi connectivity index (χ1) is 15.7. The van der Waals surface area contributed by atoms with E-state index < -0.39 is 33.6 Å². The molecule has 2 aliphatic carbocycles. The highest BCUT2D eigenvalue weighted by molar-refractivity contribution is 7.94. The zero-order chi connectivity index (χ0) is 24.9. The average molecular weight is 509 g/mol. The van der Waals surface area contributed by atoms with Gasteiger partial charge in [-0.05, 0) is 89.0 Å². The molecule has 0 fully saturated rings. The van der Waals surface area contributed by atoms with Gasteiger partial charge in [0.15, 0.2) is 9.92 Å². The lowest BCUT2D eigenvalue weighted by Crippen LogP contribution is -2.37. The fourth-order valence-electron chi connectivity index (χ4n) is 4.12. The Hall–Kier alpha value is -2.21. The van der Waals surface area contributed by atoms with Gasteiger partial charge in [-0.25, -0.2) is 18.7 Å². The number of benzene rings is 1. The van der Waals surface area contributed by atoms with E-state index in [2.05, 4.69) is 25.5 Å². The monoisotopic (exact) mass is 508 g/mol. The fraction of sp³-hybridized carbons (Fsp3) is 0.565. The largest absolute Gasteiger partial charge is 0.443 e. The minimum atomic E-state index is -3.68. The van der Waals surface area contributed by atoms with Crippen molar-refractivity contribution in [1.82, 2.24) is 9.71 Å². The van der Waals surface area contributed by atoms with E-state index in [-0.39, 0.29) is 4.21 Å². The predicted molar refractivity (Wildman–Crippen MR) is 131 cm³/mol. The highest BCUT2D eigenvalue weighted by Crippen LogP contribution is 2.40. The number of carbonyl (C=O) groups excluding carboxylic acids is 1. The molecule has 0 aliphatic heterocycles. The fourth-order valence-corrected chi connectivity index (χ4v) is 6.77. The number of aliphatic hydroxyl groups is 2. The molecule has 4 rings (SSSR count). The van der Waals surface area contributed by atoms with Crippen LogP contribution in [0.5, 0.6) is 0 Å². The van der Waals surface area contributed by atoms with E-state index >= 15 is 0 Å². The maximum absolute atomic E-state index is 13.9. The van der Waals surface area contributed by atoms with Crippen molar-refractivity contribution in [2.24, 2.45) is 4.36 Å². The number of aliphatic hydroxyl groups excluding tert-OH is 1. The normalized spacial score (nSPS) is 17.6.